The smallest absolute Gasteiger partial charge is 0.251 e. The highest BCUT2D eigenvalue weighted by atomic mass is 35.5. The summed E-state index contributed by atoms with van der Waals surface area (Å²) in [5.41, 5.74) is 7.87. The lowest BCUT2D eigenvalue weighted by Crippen LogP contribution is -2.44. The van der Waals surface area contributed by atoms with Crippen molar-refractivity contribution in [3.05, 3.63) is 57.6 Å². The minimum atomic E-state index is -0.694. The average molecular weight is 426 g/mol. The van der Waals surface area contributed by atoms with Crippen LogP contribution in [0, 0.1) is 6.92 Å². The molecule has 0 heterocycles. The Hall–Kier alpha value is -1.89. The second-order valence-electron chi connectivity index (χ2n) is 6.02. The number of halogens is 2. The van der Waals surface area contributed by atoms with Crippen LogP contribution >= 0.6 is 35.0 Å². The molecule has 8 heteroatoms. The van der Waals surface area contributed by atoms with Crippen molar-refractivity contribution in [2.24, 2.45) is 0 Å². The Bertz CT molecular complexity index is 822. The van der Waals surface area contributed by atoms with E-state index in [2.05, 4.69) is 10.6 Å². The fourth-order valence-corrected chi connectivity index (χ4v) is 3.38. The number of rotatable bonds is 7. The summed E-state index contributed by atoms with van der Waals surface area (Å²) >= 11 is 13.6. The number of nitrogen functional groups attached to an aromatic ring is 1. The van der Waals surface area contributed by atoms with Gasteiger partial charge in [-0.2, -0.15) is 11.8 Å². The number of carbonyl (C=O) groups excluding carboxylic acids is 2. The van der Waals surface area contributed by atoms with E-state index in [0.717, 1.165) is 11.3 Å². The van der Waals surface area contributed by atoms with Gasteiger partial charge in [0.2, 0.25) is 5.91 Å². The molecule has 4 N–H and O–H groups in total. The van der Waals surface area contributed by atoms with Gasteiger partial charge in [0.05, 0.1) is 15.7 Å². The Morgan fingerprint density at radius 3 is 2.44 bits per heavy atom. The predicted molar refractivity (Wildman–Crippen MR) is 115 cm³/mol. The SMILES string of the molecule is CSCCC(NC(=O)c1cccc(C)c1)C(=O)Nc1cc(Cl)c(N)c(Cl)c1. The van der Waals surface area contributed by atoms with Gasteiger partial charge in [-0.15, -0.1) is 0 Å². The first-order chi connectivity index (χ1) is 12.8. The summed E-state index contributed by atoms with van der Waals surface area (Å²) < 4.78 is 0. The second-order valence-corrected chi connectivity index (χ2v) is 7.82. The first kappa shape index (κ1) is 21.4. The molecule has 5 nitrogen and oxygen atoms in total. The van der Waals surface area contributed by atoms with E-state index in [1.54, 1.807) is 30.0 Å². The highest BCUT2D eigenvalue weighted by Crippen LogP contribution is 2.31. The largest absolute Gasteiger partial charge is 0.396 e. The van der Waals surface area contributed by atoms with Crippen LogP contribution in [0.1, 0.15) is 22.3 Å². The van der Waals surface area contributed by atoms with E-state index >= 15 is 0 Å². The van der Waals surface area contributed by atoms with Crippen molar-refractivity contribution in [1.29, 1.82) is 0 Å². The third-order valence-corrected chi connectivity index (χ3v) is 5.13. The molecule has 1 unspecified atom stereocenters. The van der Waals surface area contributed by atoms with Gasteiger partial charge in [-0.1, -0.05) is 40.9 Å². The van der Waals surface area contributed by atoms with Gasteiger partial charge < -0.3 is 16.4 Å². The molecule has 0 aliphatic heterocycles. The number of benzene rings is 2. The van der Waals surface area contributed by atoms with Crippen LogP contribution in [0.15, 0.2) is 36.4 Å². The lowest BCUT2D eigenvalue weighted by atomic mass is 10.1. The molecule has 27 heavy (non-hydrogen) atoms. The van der Waals surface area contributed by atoms with Gasteiger partial charge in [-0.05, 0) is 49.6 Å². The molecule has 0 saturated carbocycles. The van der Waals surface area contributed by atoms with E-state index in [1.807, 2.05) is 19.2 Å². The third-order valence-electron chi connectivity index (χ3n) is 3.86. The number of thioether (sulfide) groups is 1. The molecular formula is C19H21Cl2N3O2S. The van der Waals surface area contributed by atoms with Gasteiger partial charge in [-0.25, -0.2) is 0 Å². The van der Waals surface area contributed by atoms with E-state index in [-0.39, 0.29) is 27.5 Å². The third kappa shape index (κ3) is 6.06. The van der Waals surface area contributed by atoms with E-state index in [4.69, 9.17) is 28.9 Å². The van der Waals surface area contributed by atoms with Crippen LogP contribution in [0.3, 0.4) is 0 Å². The molecule has 2 amide bonds. The molecule has 0 radical (unpaired) electrons. The maximum absolute atomic E-state index is 12.7. The van der Waals surface area contributed by atoms with Gasteiger partial charge in [0.25, 0.3) is 5.91 Å². The fourth-order valence-electron chi connectivity index (χ4n) is 2.42. The zero-order chi connectivity index (χ0) is 20.0. The number of nitrogens with two attached hydrogens (primary N) is 1. The molecule has 0 bridgehead atoms. The molecule has 0 fully saturated rings. The van der Waals surface area contributed by atoms with Crippen molar-refractivity contribution in [3.63, 3.8) is 0 Å². The Morgan fingerprint density at radius 1 is 1.19 bits per heavy atom. The van der Waals surface area contributed by atoms with E-state index < -0.39 is 6.04 Å². The molecular weight excluding hydrogens is 405 g/mol. The predicted octanol–water partition coefficient (Wildman–Crippen LogP) is 4.37. The number of nitrogens with one attached hydrogen (secondary N) is 2. The Labute approximate surface area is 173 Å². The number of hydrogen-bond donors (Lipinski definition) is 3. The first-order valence-corrected chi connectivity index (χ1v) is 10.4. The number of anilines is 2. The van der Waals surface area contributed by atoms with Crippen molar-refractivity contribution < 1.29 is 9.59 Å². The Balaban J connectivity index is 2.14. The zero-order valence-electron chi connectivity index (χ0n) is 15.0. The molecule has 2 aromatic rings. The van der Waals surface area contributed by atoms with Crippen LogP contribution in [0.5, 0.6) is 0 Å². The van der Waals surface area contributed by atoms with Gasteiger partial charge in [0.15, 0.2) is 0 Å². The Morgan fingerprint density at radius 2 is 1.85 bits per heavy atom. The lowest BCUT2D eigenvalue weighted by Gasteiger charge is -2.19. The zero-order valence-corrected chi connectivity index (χ0v) is 17.3. The highest BCUT2D eigenvalue weighted by Gasteiger charge is 2.22. The van der Waals surface area contributed by atoms with Gasteiger partial charge in [0, 0.05) is 11.3 Å². The molecule has 144 valence electrons. The van der Waals surface area contributed by atoms with Gasteiger partial charge in [-0.3, -0.25) is 9.59 Å². The summed E-state index contributed by atoms with van der Waals surface area (Å²) in [6.07, 6.45) is 2.43. The van der Waals surface area contributed by atoms with Crippen molar-refractivity contribution in [3.8, 4) is 0 Å². The summed E-state index contributed by atoms with van der Waals surface area (Å²) in [7, 11) is 0. The second kappa shape index (κ2) is 9.88. The lowest BCUT2D eigenvalue weighted by molar-refractivity contribution is -0.118. The molecule has 0 saturated heterocycles. The molecule has 0 aliphatic rings. The van der Waals surface area contributed by atoms with Crippen LogP contribution in [-0.4, -0.2) is 29.9 Å². The molecule has 2 rings (SSSR count). The maximum atomic E-state index is 12.7. The molecule has 2 aromatic carbocycles. The Kier molecular flexibility index (Phi) is 7.83. The van der Waals surface area contributed by atoms with Crippen LogP contribution in [0.2, 0.25) is 10.0 Å². The van der Waals surface area contributed by atoms with Crippen LogP contribution in [0.25, 0.3) is 0 Å². The van der Waals surface area contributed by atoms with Crippen LogP contribution < -0.4 is 16.4 Å². The van der Waals surface area contributed by atoms with Crippen molar-refractivity contribution >= 4 is 58.2 Å². The minimum Gasteiger partial charge on any atom is -0.396 e. The minimum absolute atomic E-state index is 0.252. The van der Waals surface area contributed by atoms with E-state index in [9.17, 15) is 9.59 Å². The van der Waals surface area contributed by atoms with Crippen molar-refractivity contribution in [2.45, 2.75) is 19.4 Å². The summed E-state index contributed by atoms with van der Waals surface area (Å²) in [4.78, 5) is 25.2. The summed E-state index contributed by atoms with van der Waals surface area (Å²) in [5, 5.41) is 6.05. The van der Waals surface area contributed by atoms with Crippen LogP contribution in [-0.2, 0) is 4.79 Å². The van der Waals surface area contributed by atoms with Gasteiger partial charge in [0.1, 0.15) is 6.04 Å². The molecule has 1 atom stereocenters. The quantitative estimate of drug-likeness (QED) is 0.574. The normalized spacial score (nSPS) is 11.7. The van der Waals surface area contributed by atoms with E-state index in [1.165, 1.54) is 12.1 Å². The molecule has 0 aliphatic carbocycles. The topological polar surface area (TPSA) is 84.2 Å². The standard InChI is InChI=1S/C19H21Cl2N3O2S/c1-11-4-3-5-12(8-11)18(25)24-16(6-7-27-2)19(26)23-13-9-14(20)17(22)15(21)10-13/h3-5,8-10,16H,6-7,22H2,1-2H3,(H,23,26)(H,24,25). The molecule has 0 aromatic heterocycles. The number of aryl methyl sites for hydroxylation is 1. The van der Waals surface area contributed by atoms with Crippen LogP contribution in [0.4, 0.5) is 11.4 Å². The highest BCUT2D eigenvalue weighted by molar-refractivity contribution is 7.98. The summed E-state index contributed by atoms with van der Waals surface area (Å²) in [6, 6.07) is 9.55. The van der Waals surface area contributed by atoms with Gasteiger partial charge >= 0.3 is 0 Å². The monoisotopic (exact) mass is 425 g/mol. The summed E-state index contributed by atoms with van der Waals surface area (Å²) in [6.45, 7) is 1.91. The number of amides is 2. The molecule has 0 spiro atoms. The summed E-state index contributed by atoms with van der Waals surface area (Å²) in [5.74, 6) is 0.0744. The number of hydrogen-bond acceptors (Lipinski definition) is 4. The van der Waals surface area contributed by atoms with E-state index in [0.29, 0.717) is 17.7 Å². The van der Waals surface area contributed by atoms with Crippen molar-refractivity contribution in [1.82, 2.24) is 5.32 Å². The average Bonchev–Trinajstić information content (AvgIpc) is 2.62. The fraction of sp³-hybridized carbons (Fsp3) is 0.263. The number of carbonyl (C=O) groups is 2. The maximum Gasteiger partial charge on any atom is 0.251 e. The first-order valence-electron chi connectivity index (χ1n) is 8.23. The van der Waals surface area contributed by atoms with Crippen molar-refractivity contribution in [2.75, 3.05) is 23.1 Å².